The Labute approximate surface area is 169 Å². The fraction of sp³-hybridized carbons (Fsp3) is 0.217. The van der Waals surface area contributed by atoms with Crippen LogP contribution in [-0.2, 0) is 0 Å². The molecular weight excluding hydrogens is 367 g/mol. The average Bonchev–Trinajstić information content (AvgIpc) is 2.76. The quantitative estimate of drug-likeness (QED) is 0.724. The van der Waals surface area contributed by atoms with Gasteiger partial charge in [-0.1, -0.05) is 30.3 Å². The van der Waals surface area contributed by atoms with Gasteiger partial charge in [-0.05, 0) is 42.8 Å². The molecule has 148 valence electrons. The summed E-state index contributed by atoms with van der Waals surface area (Å²) in [6, 6.07) is 18.4. The highest BCUT2D eigenvalue weighted by atomic mass is 19.1. The predicted molar refractivity (Wildman–Crippen MR) is 113 cm³/mol. The van der Waals surface area contributed by atoms with E-state index in [1.165, 1.54) is 6.07 Å². The number of aryl methyl sites for hydroxylation is 1. The van der Waals surface area contributed by atoms with Crippen LogP contribution in [0.5, 0.6) is 0 Å². The Balaban J connectivity index is 1.43. The molecule has 0 unspecified atom stereocenters. The van der Waals surface area contributed by atoms with Gasteiger partial charge < -0.3 is 15.1 Å². The first-order valence-electron chi connectivity index (χ1n) is 9.69. The largest absolute Gasteiger partial charge is 0.366 e. The number of nitrogens with zero attached hydrogens (tertiary/aromatic N) is 3. The van der Waals surface area contributed by atoms with Crippen molar-refractivity contribution in [1.82, 2.24) is 9.88 Å². The number of rotatable bonds is 4. The third-order valence-corrected chi connectivity index (χ3v) is 5.16. The molecule has 1 aromatic heterocycles. The minimum absolute atomic E-state index is 0.105. The van der Waals surface area contributed by atoms with Gasteiger partial charge in [0.2, 0.25) is 0 Å². The van der Waals surface area contributed by atoms with E-state index in [2.05, 4.69) is 10.3 Å². The molecule has 1 saturated heterocycles. The molecule has 0 aliphatic carbocycles. The van der Waals surface area contributed by atoms with Crippen LogP contribution >= 0.6 is 0 Å². The van der Waals surface area contributed by atoms with Gasteiger partial charge in [0.1, 0.15) is 11.5 Å². The van der Waals surface area contributed by atoms with Crippen molar-refractivity contribution < 1.29 is 9.18 Å². The highest BCUT2D eigenvalue weighted by Crippen LogP contribution is 2.22. The number of piperazine rings is 1. The molecule has 1 aliphatic heterocycles. The van der Waals surface area contributed by atoms with Crippen molar-refractivity contribution in [2.24, 2.45) is 0 Å². The lowest BCUT2D eigenvalue weighted by Gasteiger charge is -2.36. The molecule has 3 aromatic rings. The minimum Gasteiger partial charge on any atom is -0.366 e. The van der Waals surface area contributed by atoms with Crippen LogP contribution in [0.2, 0.25) is 0 Å². The second kappa shape index (κ2) is 8.31. The zero-order valence-electron chi connectivity index (χ0n) is 16.3. The lowest BCUT2D eigenvalue weighted by atomic mass is 10.2. The molecule has 4 rings (SSSR count). The molecule has 1 N–H and O–H groups in total. The van der Waals surface area contributed by atoms with Crippen molar-refractivity contribution in [3.63, 3.8) is 0 Å². The van der Waals surface area contributed by atoms with Gasteiger partial charge in [0.05, 0.1) is 5.69 Å². The molecule has 0 saturated carbocycles. The SMILES string of the molecule is Cc1ccccc1Nc1ccnc(C(=O)N2CCN(c3ccccc3F)CC2)c1. The van der Waals surface area contributed by atoms with E-state index >= 15 is 0 Å². The molecule has 29 heavy (non-hydrogen) atoms. The first-order chi connectivity index (χ1) is 14.1. The molecule has 6 heteroatoms. The van der Waals surface area contributed by atoms with Crippen LogP contribution in [0.4, 0.5) is 21.5 Å². The Morgan fingerprint density at radius 3 is 2.48 bits per heavy atom. The van der Waals surface area contributed by atoms with E-state index < -0.39 is 0 Å². The van der Waals surface area contributed by atoms with E-state index in [0.29, 0.717) is 37.6 Å². The Morgan fingerprint density at radius 1 is 1.00 bits per heavy atom. The van der Waals surface area contributed by atoms with Gasteiger partial charge in [0.15, 0.2) is 0 Å². The smallest absolute Gasteiger partial charge is 0.272 e. The van der Waals surface area contributed by atoms with E-state index in [-0.39, 0.29) is 11.7 Å². The standard InChI is InChI=1S/C23H23FN4O/c1-17-6-2-4-8-20(17)26-18-10-11-25-21(16-18)23(29)28-14-12-27(13-15-28)22-9-5-3-7-19(22)24/h2-11,16H,12-15H2,1H3,(H,25,26). The molecule has 5 nitrogen and oxygen atoms in total. The molecule has 1 amide bonds. The summed E-state index contributed by atoms with van der Waals surface area (Å²) in [6.45, 7) is 4.28. The van der Waals surface area contributed by atoms with Crippen molar-refractivity contribution in [3.05, 3.63) is 83.9 Å². The van der Waals surface area contributed by atoms with Crippen LogP contribution in [0.15, 0.2) is 66.9 Å². The van der Waals surface area contributed by atoms with Crippen molar-refractivity contribution in [3.8, 4) is 0 Å². The summed E-state index contributed by atoms with van der Waals surface area (Å²) >= 11 is 0. The number of hydrogen-bond donors (Lipinski definition) is 1. The molecule has 2 aromatic carbocycles. The third kappa shape index (κ3) is 4.21. The van der Waals surface area contributed by atoms with Gasteiger partial charge in [0.25, 0.3) is 5.91 Å². The first-order valence-corrected chi connectivity index (χ1v) is 9.69. The number of anilines is 3. The van der Waals surface area contributed by atoms with Crippen molar-refractivity contribution in [1.29, 1.82) is 0 Å². The summed E-state index contributed by atoms with van der Waals surface area (Å²) in [4.78, 5) is 20.9. The monoisotopic (exact) mass is 390 g/mol. The topological polar surface area (TPSA) is 48.5 Å². The maximum absolute atomic E-state index is 14.0. The number of halogens is 1. The number of pyridine rings is 1. The summed E-state index contributed by atoms with van der Waals surface area (Å²) in [5.74, 6) is -0.337. The summed E-state index contributed by atoms with van der Waals surface area (Å²) < 4.78 is 14.0. The van der Waals surface area contributed by atoms with Crippen LogP contribution in [0.25, 0.3) is 0 Å². The number of benzene rings is 2. The van der Waals surface area contributed by atoms with Gasteiger partial charge in [-0.3, -0.25) is 9.78 Å². The number of hydrogen-bond acceptors (Lipinski definition) is 4. The van der Waals surface area contributed by atoms with Crippen molar-refractivity contribution in [2.45, 2.75) is 6.92 Å². The van der Waals surface area contributed by atoms with Crippen LogP contribution < -0.4 is 10.2 Å². The Bertz CT molecular complexity index is 1020. The van der Waals surface area contributed by atoms with Crippen LogP contribution in [-0.4, -0.2) is 42.0 Å². The van der Waals surface area contributed by atoms with E-state index in [4.69, 9.17) is 0 Å². The first kappa shape index (κ1) is 18.9. The fourth-order valence-corrected chi connectivity index (χ4v) is 3.51. The van der Waals surface area contributed by atoms with E-state index in [9.17, 15) is 9.18 Å². The Morgan fingerprint density at radius 2 is 1.72 bits per heavy atom. The zero-order chi connectivity index (χ0) is 20.2. The summed E-state index contributed by atoms with van der Waals surface area (Å²) in [7, 11) is 0. The van der Waals surface area contributed by atoms with E-state index in [0.717, 1.165) is 16.9 Å². The molecule has 0 atom stereocenters. The number of aromatic nitrogens is 1. The molecular formula is C23H23FN4O. The summed E-state index contributed by atoms with van der Waals surface area (Å²) in [5, 5.41) is 3.34. The maximum Gasteiger partial charge on any atom is 0.272 e. The molecule has 1 aliphatic rings. The number of para-hydroxylation sites is 2. The summed E-state index contributed by atoms with van der Waals surface area (Å²) in [6.07, 6.45) is 1.64. The minimum atomic E-state index is -0.232. The lowest BCUT2D eigenvalue weighted by Crippen LogP contribution is -2.49. The lowest BCUT2D eigenvalue weighted by molar-refractivity contribution is 0.0741. The average molecular weight is 390 g/mol. The number of nitrogens with one attached hydrogen (secondary N) is 1. The zero-order valence-corrected chi connectivity index (χ0v) is 16.3. The summed E-state index contributed by atoms with van der Waals surface area (Å²) in [5.41, 5.74) is 3.93. The predicted octanol–water partition coefficient (Wildman–Crippen LogP) is 4.24. The van der Waals surface area contributed by atoms with E-state index in [1.807, 2.05) is 48.2 Å². The van der Waals surface area contributed by atoms with Crippen molar-refractivity contribution in [2.75, 3.05) is 36.4 Å². The molecule has 2 heterocycles. The highest BCUT2D eigenvalue weighted by molar-refractivity contribution is 5.93. The van der Waals surface area contributed by atoms with Gasteiger partial charge in [-0.2, -0.15) is 0 Å². The van der Waals surface area contributed by atoms with Crippen LogP contribution in [0.3, 0.4) is 0 Å². The fourth-order valence-electron chi connectivity index (χ4n) is 3.51. The second-order valence-corrected chi connectivity index (χ2v) is 7.10. The number of carbonyl (C=O) groups is 1. The molecule has 0 spiro atoms. The Hall–Kier alpha value is -3.41. The third-order valence-electron chi connectivity index (χ3n) is 5.16. The molecule has 1 fully saturated rings. The number of amides is 1. The Kier molecular flexibility index (Phi) is 5.42. The van der Waals surface area contributed by atoms with Gasteiger partial charge in [0, 0.05) is 43.8 Å². The van der Waals surface area contributed by atoms with Crippen molar-refractivity contribution >= 4 is 23.0 Å². The van der Waals surface area contributed by atoms with Gasteiger partial charge in [-0.15, -0.1) is 0 Å². The number of carbonyl (C=O) groups excluding carboxylic acids is 1. The van der Waals surface area contributed by atoms with Gasteiger partial charge >= 0.3 is 0 Å². The molecule has 0 radical (unpaired) electrons. The van der Waals surface area contributed by atoms with Gasteiger partial charge in [-0.25, -0.2) is 4.39 Å². The normalized spacial score (nSPS) is 14.0. The maximum atomic E-state index is 14.0. The van der Waals surface area contributed by atoms with E-state index in [1.54, 1.807) is 29.3 Å². The van der Waals surface area contributed by atoms with Crippen LogP contribution in [0.1, 0.15) is 16.1 Å². The second-order valence-electron chi connectivity index (χ2n) is 7.10. The van der Waals surface area contributed by atoms with Crippen LogP contribution in [0, 0.1) is 12.7 Å². The molecule has 0 bridgehead atoms. The highest BCUT2D eigenvalue weighted by Gasteiger charge is 2.24.